The molecule has 4 nitrogen and oxygen atoms in total. The maximum atomic E-state index is 14.1. The van der Waals surface area contributed by atoms with Gasteiger partial charge in [-0.25, -0.2) is 4.39 Å². The lowest BCUT2D eigenvalue weighted by atomic mass is 10.1. The Morgan fingerprint density at radius 3 is 2.12 bits per heavy atom. The Bertz CT molecular complexity index is 607. The highest BCUT2D eigenvalue weighted by Gasteiger charge is 2.45. The third-order valence-electron chi connectivity index (χ3n) is 3.95. The summed E-state index contributed by atoms with van der Waals surface area (Å²) in [6.45, 7) is 0.822. The molecule has 0 spiro atoms. The lowest BCUT2D eigenvalue weighted by Gasteiger charge is -2.20. The summed E-state index contributed by atoms with van der Waals surface area (Å²) < 4.78 is 30.6. The second kappa shape index (κ2) is 8.35. The average molecular weight is 332 g/mol. The highest BCUT2D eigenvalue weighted by molar-refractivity contribution is 5.14. The zero-order chi connectivity index (χ0) is 16.8. The Hall–Kier alpha value is -1.79. The zero-order valence-corrected chi connectivity index (χ0v) is 13.3. The van der Waals surface area contributed by atoms with E-state index in [1.54, 1.807) is 0 Å². The van der Waals surface area contributed by atoms with Gasteiger partial charge in [-0.05, 0) is 11.1 Å². The van der Waals surface area contributed by atoms with Gasteiger partial charge in [-0.2, -0.15) is 0 Å². The van der Waals surface area contributed by atoms with E-state index in [1.807, 2.05) is 60.7 Å². The monoisotopic (exact) mass is 332 g/mol. The molecule has 1 N–H and O–H groups in total. The van der Waals surface area contributed by atoms with E-state index in [0.29, 0.717) is 6.61 Å². The topological polar surface area (TPSA) is 47.9 Å². The molecular formula is C19H21FO4. The van der Waals surface area contributed by atoms with Gasteiger partial charge in [0.15, 0.2) is 12.5 Å². The van der Waals surface area contributed by atoms with Crippen LogP contribution in [0.1, 0.15) is 11.1 Å². The summed E-state index contributed by atoms with van der Waals surface area (Å²) in [6.07, 6.45) is -4.55. The van der Waals surface area contributed by atoms with Crippen LogP contribution in [-0.2, 0) is 27.4 Å². The lowest BCUT2D eigenvalue weighted by molar-refractivity contribution is -0.129. The van der Waals surface area contributed by atoms with Crippen molar-refractivity contribution in [3.8, 4) is 0 Å². The molecule has 2 aromatic rings. The largest absolute Gasteiger partial charge is 0.374 e. The molecule has 1 aliphatic heterocycles. The second-order valence-corrected chi connectivity index (χ2v) is 5.77. The third-order valence-corrected chi connectivity index (χ3v) is 3.95. The first-order chi connectivity index (χ1) is 11.7. The zero-order valence-electron chi connectivity index (χ0n) is 13.3. The van der Waals surface area contributed by atoms with Crippen molar-refractivity contribution in [2.75, 3.05) is 6.61 Å². The molecule has 3 rings (SSSR count). The summed E-state index contributed by atoms with van der Waals surface area (Å²) in [5.41, 5.74) is 1.96. The Kier molecular flexibility index (Phi) is 5.93. The summed E-state index contributed by atoms with van der Waals surface area (Å²) in [5, 5.41) is 9.62. The number of hydrogen-bond acceptors (Lipinski definition) is 4. The molecule has 128 valence electrons. The Morgan fingerprint density at radius 1 is 0.917 bits per heavy atom. The minimum atomic E-state index is -1.58. The fourth-order valence-corrected chi connectivity index (χ4v) is 2.67. The molecule has 5 heteroatoms. The summed E-state index contributed by atoms with van der Waals surface area (Å²) in [7, 11) is 0. The van der Waals surface area contributed by atoms with Gasteiger partial charge in [0, 0.05) is 0 Å². The van der Waals surface area contributed by atoms with Crippen molar-refractivity contribution in [2.45, 2.75) is 37.9 Å². The van der Waals surface area contributed by atoms with Crippen LogP contribution >= 0.6 is 0 Å². The number of hydrogen-bond donors (Lipinski definition) is 1. The van der Waals surface area contributed by atoms with Gasteiger partial charge >= 0.3 is 0 Å². The van der Waals surface area contributed by atoms with Crippen LogP contribution in [0.4, 0.5) is 4.39 Å². The quantitative estimate of drug-likeness (QED) is 0.847. The first-order valence-electron chi connectivity index (χ1n) is 7.99. The van der Waals surface area contributed by atoms with Gasteiger partial charge in [-0.1, -0.05) is 60.7 Å². The molecule has 0 aliphatic carbocycles. The molecular weight excluding hydrogens is 311 g/mol. The lowest BCUT2D eigenvalue weighted by Crippen LogP contribution is -2.34. The molecule has 0 unspecified atom stereocenters. The number of ether oxygens (including phenoxy) is 3. The van der Waals surface area contributed by atoms with Gasteiger partial charge in [0.1, 0.15) is 12.2 Å². The molecule has 0 bridgehead atoms. The number of rotatable bonds is 7. The number of aliphatic hydroxyl groups is 1. The molecule has 0 radical (unpaired) electrons. The molecule has 4 atom stereocenters. The van der Waals surface area contributed by atoms with Crippen LogP contribution < -0.4 is 0 Å². The van der Waals surface area contributed by atoms with Crippen molar-refractivity contribution < 1.29 is 23.7 Å². The fraction of sp³-hybridized carbons (Fsp3) is 0.368. The fourth-order valence-electron chi connectivity index (χ4n) is 2.67. The molecule has 0 aromatic heterocycles. The molecule has 1 saturated heterocycles. The van der Waals surface area contributed by atoms with Crippen LogP contribution in [0.15, 0.2) is 60.7 Å². The molecule has 1 heterocycles. The Morgan fingerprint density at radius 2 is 1.50 bits per heavy atom. The molecule has 1 aliphatic rings. The van der Waals surface area contributed by atoms with Crippen molar-refractivity contribution in [2.24, 2.45) is 0 Å². The minimum absolute atomic E-state index is 0.159. The van der Waals surface area contributed by atoms with Crippen molar-refractivity contribution in [1.82, 2.24) is 0 Å². The summed E-state index contributed by atoms with van der Waals surface area (Å²) in [4.78, 5) is 0. The predicted molar refractivity (Wildman–Crippen MR) is 86.9 cm³/mol. The molecule has 24 heavy (non-hydrogen) atoms. The van der Waals surface area contributed by atoms with E-state index >= 15 is 0 Å². The van der Waals surface area contributed by atoms with Crippen LogP contribution in [0.3, 0.4) is 0 Å². The average Bonchev–Trinajstić information content (AvgIpc) is 2.89. The second-order valence-electron chi connectivity index (χ2n) is 5.77. The van der Waals surface area contributed by atoms with Crippen LogP contribution in [0.25, 0.3) is 0 Å². The van der Waals surface area contributed by atoms with Crippen molar-refractivity contribution in [3.05, 3.63) is 71.8 Å². The third kappa shape index (κ3) is 4.39. The molecule has 0 amide bonds. The van der Waals surface area contributed by atoms with Gasteiger partial charge in [-0.3, -0.25) is 0 Å². The van der Waals surface area contributed by atoms with Gasteiger partial charge in [0.05, 0.1) is 19.8 Å². The van der Waals surface area contributed by atoms with Crippen LogP contribution in [0.5, 0.6) is 0 Å². The van der Waals surface area contributed by atoms with E-state index in [4.69, 9.17) is 14.2 Å². The first kappa shape index (κ1) is 17.0. The van der Waals surface area contributed by atoms with Gasteiger partial charge < -0.3 is 19.3 Å². The standard InChI is InChI=1S/C19H21FO4/c20-17-18(23-12-15-9-5-2-6-10-15)16(24-19(17)21)13-22-11-14-7-3-1-4-8-14/h1-10,16-19,21H,11-13H2/t16-,17-,18-,19-/m1/s1. The van der Waals surface area contributed by atoms with Crippen LogP contribution in [0.2, 0.25) is 0 Å². The van der Waals surface area contributed by atoms with E-state index in [2.05, 4.69) is 0 Å². The normalized spacial score (nSPS) is 26.6. The van der Waals surface area contributed by atoms with E-state index in [1.165, 1.54) is 0 Å². The smallest absolute Gasteiger partial charge is 0.189 e. The van der Waals surface area contributed by atoms with E-state index < -0.39 is 24.7 Å². The molecule has 1 fully saturated rings. The molecule has 2 aromatic carbocycles. The SMILES string of the molecule is O[C@@H]1O[C@H](COCc2ccccc2)[C@@H](OCc2ccccc2)[C@H]1F. The number of halogens is 1. The number of benzene rings is 2. The van der Waals surface area contributed by atoms with E-state index in [9.17, 15) is 9.50 Å². The van der Waals surface area contributed by atoms with Crippen molar-refractivity contribution in [3.63, 3.8) is 0 Å². The summed E-state index contributed by atoms with van der Waals surface area (Å²) in [5.74, 6) is 0. The highest BCUT2D eigenvalue weighted by atomic mass is 19.1. The Labute approximate surface area is 140 Å². The number of alkyl halides is 1. The van der Waals surface area contributed by atoms with Crippen LogP contribution in [0, 0.1) is 0 Å². The van der Waals surface area contributed by atoms with Gasteiger partial charge in [0.25, 0.3) is 0 Å². The first-order valence-corrected chi connectivity index (χ1v) is 7.99. The van der Waals surface area contributed by atoms with Gasteiger partial charge in [0.2, 0.25) is 0 Å². The predicted octanol–water partition coefficient (Wildman–Crippen LogP) is 2.84. The maximum Gasteiger partial charge on any atom is 0.189 e. The Balaban J connectivity index is 1.52. The number of aliphatic hydroxyl groups excluding tert-OH is 1. The molecule has 0 saturated carbocycles. The van der Waals surface area contributed by atoms with Crippen molar-refractivity contribution in [1.29, 1.82) is 0 Å². The minimum Gasteiger partial charge on any atom is -0.374 e. The summed E-state index contributed by atoms with van der Waals surface area (Å²) >= 11 is 0. The van der Waals surface area contributed by atoms with Gasteiger partial charge in [-0.15, -0.1) is 0 Å². The summed E-state index contributed by atoms with van der Waals surface area (Å²) in [6, 6.07) is 19.2. The van der Waals surface area contributed by atoms with Crippen molar-refractivity contribution >= 4 is 0 Å². The maximum absolute atomic E-state index is 14.1. The highest BCUT2D eigenvalue weighted by Crippen LogP contribution is 2.26. The van der Waals surface area contributed by atoms with Crippen LogP contribution in [-0.4, -0.2) is 36.4 Å². The van der Waals surface area contributed by atoms with E-state index in [0.717, 1.165) is 11.1 Å². The van der Waals surface area contributed by atoms with E-state index in [-0.39, 0.29) is 13.2 Å².